The number of amidine groups is 1. The standard InChI is InChI=1S/C27H52N6O12/c1-15(36)32-20-24(40)22(38)16(13-34)44-26(20)42-12-6-4-8-19(37)31-10-9-30-18(28)7-3-5-11-43-27-21(33-29-2)25(41)23(39)17(14-35)45-27/h16-17,20-27,29,33-35,38-41H,3-14H2,1-2H3,(H2,28,30)(H,31,37)(H,32,36)/t16?,17?,20?,21?,22-,23-,24?,25?,26+,27+/m0/s1. The molecule has 0 aromatic heterocycles. The summed E-state index contributed by atoms with van der Waals surface area (Å²) < 4.78 is 22.4. The van der Waals surface area contributed by atoms with Crippen molar-refractivity contribution in [2.24, 2.45) is 10.7 Å². The van der Waals surface area contributed by atoms with Crippen molar-refractivity contribution >= 4 is 17.6 Å². The normalized spacial score (nSPS) is 32.3. The van der Waals surface area contributed by atoms with Crippen LogP contribution in [0.15, 0.2) is 4.99 Å². The van der Waals surface area contributed by atoms with Crippen LogP contribution in [0, 0.1) is 0 Å². The van der Waals surface area contributed by atoms with Crippen LogP contribution in [-0.4, -0.2) is 156 Å². The van der Waals surface area contributed by atoms with Crippen molar-refractivity contribution in [2.45, 2.75) is 107 Å². The van der Waals surface area contributed by atoms with Crippen molar-refractivity contribution < 1.29 is 59.2 Å². The molecule has 0 aliphatic carbocycles. The number of carbonyl (C=O) groups excluding carboxylic acids is 2. The summed E-state index contributed by atoms with van der Waals surface area (Å²) in [5.41, 5.74) is 11.5. The number of unbranched alkanes of at least 4 members (excludes halogenated alkanes) is 2. The van der Waals surface area contributed by atoms with Crippen LogP contribution in [-0.2, 0) is 28.5 Å². The van der Waals surface area contributed by atoms with E-state index in [9.17, 15) is 40.2 Å². The molecule has 2 rings (SSSR count). The van der Waals surface area contributed by atoms with E-state index in [0.717, 1.165) is 0 Å². The lowest BCUT2D eigenvalue weighted by molar-refractivity contribution is -0.272. The second-order valence-electron chi connectivity index (χ2n) is 10.9. The van der Waals surface area contributed by atoms with Gasteiger partial charge in [-0.1, -0.05) is 0 Å². The molecule has 10 atom stereocenters. The number of carbonyl (C=O) groups is 2. The van der Waals surface area contributed by atoms with Crippen LogP contribution in [0.4, 0.5) is 0 Å². The minimum atomic E-state index is -1.39. The Balaban J connectivity index is 1.57. The molecule has 6 unspecified atom stereocenters. The average molecular weight is 653 g/mol. The Morgan fingerprint density at radius 3 is 1.89 bits per heavy atom. The van der Waals surface area contributed by atoms with E-state index in [2.05, 4.69) is 26.5 Å². The van der Waals surface area contributed by atoms with Crippen LogP contribution in [0.3, 0.4) is 0 Å². The number of hydrogen-bond acceptors (Lipinski definition) is 15. The summed E-state index contributed by atoms with van der Waals surface area (Å²) in [7, 11) is 1.61. The highest BCUT2D eigenvalue weighted by Gasteiger charge is 2.46. The molecule has 18 heteroatoms. The number of aliphatic hydroxyl groups excluding tert-OH is 6. The van der Waals surface area contributed by atoms with Gasteiger partial charge >= 0.3 is 0 Å². The summed E-state index contributed by atoms with van der Waals surface area (Å²) in [4.78, 5) is 27.9. The third-order valence-electron chi connectivity index (χ3n) is 7.38. The van der Waals surface area contributed by atoms with Crippen LogP contribution in [0.25, 0.3) is 0 Å². The van der Waals surface area contributed by atoms with Crippen LogP contribution in [0.1, 0.15) is 45.4 Å². The van der Waals surface area contributed by atoms with E-state index in [0.29, 0.717) is 57.6 Å². The Kier molecular flexibility index (Phi) is 18.2. The minimum absolute atomic E-state index is 0.163. The number of rotatable bonds is 20. The quantitative estimate of drug-likeness (QED) is 0.0255. The zero-order valence-corrected chi connectivity index (χ0v) is 25.9. The molecule has 0 aromatic rings. The first kappa shape index (κ1) is 39.1. The summed E-state index contributed by atoms with van der Waals surface area (Å²) in [5, 5.41) is 64.7. The van der Waals surface area contributed by atoms with Crippen LogP contribution in [0.2, 0.25) is 0 Å². The molecule has 0 bridgehead atoms. The van der Waals surface area contributed by atoms with Crippen molar-refractivity contribution in [3.05, 3.63) is 0 Å². The second-order valence-corrected chi connectivity index (χ2v) is 10.9. The van der Waals surface area contributed by atoms with E-state index >= 15 is 0 Å². The molecule has 18 nitrogen and oxygen atoms in total. The molecule has 0 aromatic carbocycles. The van der Waals surface area contributed by atoms with Gasteiger partial charge in [0.15, 0.2) is 12.6 Å². The van der Waals surface area contributed by atoms with Crippen molar-refractivity contribution in [3.63, 3.8) is 0 Å². The highest BCUT2D eigenvalue weighted by Crippen LogP contribution is 2.23. The number of nitrogens with one attached hydrogen (secondary N) is 4. The number of amides is 2. The summed E-state index contributed by atoms with van der Waals surface area (Å²) in [6.07, 6.45) is -6.16. The molecule has 2 aliphatic heterocycles. The second kappa shape index (κ2) is 20.9. The predicted octanol–water partition coefficient (Wildman–Crippen LogP) is -4.69. The Labute approximate surface area is 262 Å². The molecular formula is C27H52N6O12. The minimum Gasteiger partial charge on any atom is -0.394 e. The third-order valence-corrected chi connectivity index (χ3v) is 7.38. The van der Waals surface area contributed by atoms with E-state index in [1.54, 1.807) is 7.05 Å². The first-order chi connectivity index (χ1) is 21.5. The average Bonchev–Trinajstić information content (AvgIpc) is 3.01. The molecule has 45 heavy (non-hydrogen) atoms. The predicted molar refractivity (Wildman–Crippen MR) is 158 cm³/mol. The lowest BCUT2D eigenvalue weighted by atomic mass is 9.97. The summed E-state index contributed by atoms with van der Waals surface area (Å²) in [5.74, 6) is -0.169. The summed E-state index contributed by atoms with van der Waals surface area (Å²) >= 11 is 0. The van der Waals surface area contributed by atoms with Gasteiger partial charge in [-0.05, 0) is 32.7 Å². The van der Waals surface area contributed by atoms with Gasteiger partial charge in [0, 0.05) is 39.5 Å². The fourth-order valence-corrected chi connectivity index (χ4v) is 4.91. The number of nitrogens with two attached hydrogens (primary N) is 1. The SMILES string of the molecule is CNNC1C(O)[C@@H](O)C(CO)O[C@H]1OCCCCC(N)=NCCNC(=O)CCCCO[C@@H]1OC(CO)[C@H](O)C(O)C1NC(C)=O. The number of hydrazine groups is 1. The Morgan fingerprint density at radius 1 is 0.822 bits per heavy atom. The highest BCUT2D eigenvalue weighted by molar-refractivity contribution is 5.80. The smallest absolute Gasteiger partial charge is 0.220 e. The van der Waals surface area contributed by atoms with Gasteiger partial charge in [0.2, 0.25) is 11.8 Å². The number of nitrogens with zero attached hydrogens (tertiary/aromatic N) is 1. The van der Waals surface area contributed by atoms with E-state index < -0.39 is 80.4 Å². The van der Waals surface area contributed by atoms with Crippen molar-refractivity contribution in [1.29, 1.82) is 0 Å². The third kappa shape index (κ3) is 12.9. The van der Waals surface area contributed by atoms with E-state index in [4.69, 9.17) is 24.7 Å². The van der Waals surface area contributed by atoms with Gasteiger partial charge in [0.1, 0.15) is 48.7 Å². The molecule has 2 aliphatic rings. The molecule has 0 spiro atoms. The Bertz CT molecular complexity index is 904. The lowest BCUT2D eigenvalue weighted by Gasteiger charge is -2.42. The summed E-state index contributed by atoms with van der Waals surface area (Å²) in [6.45, 7) is 1.35. The van der Waals surface area contributed by atoms with Gasteiger partial charge in [0.05, 0.1) is 25.6 Å². The van der Waals surface area contributed by atoms with Crippen LogP contribution < -0.4 is 27.2 Å². The highest BCUT2D eigenvalue weighted by atomic mass is 16.7. The fraction of sp³-hybridized carbons (Fsp3) is 0.889. The zero-order valence-electron chi connectivity index (χ0n) is 25.9. The van der Waals surface area contributed by atoms with Gasteiger partial charge in [-0.25, -0.2) is 5.43 Å². The van der Waals surface area contributed by atoms with Gasteiger partial charge in [-0.3, -0.25) is 20.0 Å². The van der Waals surface area contributed by atoms with E-state index in [1.807, 2.05) is 0 Å². The van der Waals surface area contributed by atoms with Crippen LogP contribution in [0.5, 0.6) is 0 Å². The zero-order chi connectivity index (χ0) is 33.4. The maximum atomic E-state index is 12.1. The van der Waals surface area contributed by atoms with Crippen molar-refractivity contribution in [1.82, 2.24) is 21.5 Å². The van der Waals surface area contributed by atoms with Gasteiger partial charge < -0.3 is 66.0 Å². The molecule has 0 radical (unpaired) electrons. The summed E-state index contributed by atoms with van der Waals surface area (Å²) in [6, 6.07) is -1.75. The van der Waals surface area contributed by atoms with E-state index in [1.165, 1.54) is 6.92 Å². The maximum Gasteiger partial charge on any atom is 0.220 e. The topological polar surface area (TPSA) is 279 Å². The first-order valence-electron chi connectivity index (χ1n) is 15.3. The largest absolute Gasteiger partial charge is 0.394 e. The van der Waals surface area contributed by atoms with Gasteiger partial charge in [-0.15, -0.1) is 0 Å². The number of aliphatic imine (C=N–C) groups is 1. The molecule has 12 N–H and O–H groups in total. The number of hydrogen-bond donors (Lipinski definition) is 11. The number of aliphatic hydroxyl groups is 6. The van der Waals surface area contributed by atoms with E-state index in [-0.39, 0.29) is 18.9 Å². The van der Waals surface area contributed by atoms with Crippen molar-refractivity contribution in [3.8, 4) is 0 Å². The molecule has 0 saturated carbocycles. The first-order valence-corrected chi connectivity index (χ1v) is 15.3. The van der Waals surface area contributed by atoms with Crippen molar-refractivity contribution in [2.75, 3.05) is 46.6 Å². The molecule has 2 saturated heterocycles. The molecular weight excluding hydrogens is 600 g/mol. The molecule has 2 fully saturated rings. The van der Waals surface area contributed by atoms with Crippen LogP contribution >= 0.6 is 0 Å². The lowest BCUT2D eigenvalue weighted by Crippen LogP contribution is -2.65. The van der Waals surface area contributed by atoms with Gasteiger partial charge in [-0.2, -0.15) is 0 Å². The number of ether oxygens (including phenoxy) is 4. The van der Waals surface area contributed by atoms with Gasteiger partial charge in [0.25, 0.3) is 0 Å². The molecule has 262 valence electrons. The molecule has 2 amide bonds. The maximum absolute atomic E-state index is 12.1. The fourth-order valence-electron chi connectivity index (χ4n) is 4.91. The monoisotopic (exact) mass is 652 g/mol. The molecule has 2 heterocycles. The Morgan fingerprint density at radius 2 is 1.36 bits per heavy atom. The Hall–Kier alpha value is -2.07.